The Bertz CT molecular complexity index is 515. The minimum atomic E-state index is -0.390. The molecule has 0 saturated carbocycles. The van der Waals surface area contributed by atoms with E-state index in [1.807, 2.05) is 24.3 Å². The van der Waals surface area contributed by atoms with Gasteiger partial charge in [-0.25, -0.2) is 9.95 Å². The van der Waals surface area contributed by atoms with Crippen LogP contribution in [-0.4, -0.2) is 5.16 Å². The lowest BCUT2D eigenvalue weighted by Crippen LogP contribution is -1.94. The molecule has 2 aromatic rings. The molecular formula is C10H7BrClNO2. The molecule has 5 heteroatoms. The summed E-state index contributed by atoms with van der Waals surface area (Å²) >= 11 is 8.92. The van der Waals surface area contributed by atoms with E-state index in [9.17, 15) is 4.79 Å². The maximum atomic E-state index is 11.0. The number of aromatic nitrogens is 1. The molecule has 78 valence electrons. The van der Waals surface area contributed by atoms with Gasteiger partial charge in [0, 0.05) is 11.4 Å². The third-order valence-corrected chi connectivity index (χ3v) is 3.06. The van der Waals surface area contributed by atoms with Crippen LogP contribution in [0.15, 0.2) is 38.1 Å². The molecule has 1 heterocycles. The molecule has 0 atom stereocenters. The molecule has 1 aromatic carbocycles. The van der Waals surface area contributed by atoms with Crippen molar-refractivity contribution in [3.05, 3.63) is 55.4 Å². The number of hydrogen-bond acceptors (Lipinski definition) is 2. The molecule has 0 aliphatic rings. The van der Waals surface area contributed by atoms with E-state index in [1.165, 1.54) is 0 Å². The Kier molecular flexibility index (Phi) is 2.98. The van der Waals surface area contributed by atoms with Gasteiger partial charge in [-0.3, -0.25) is 0 Å². The molecule has 0 fully saturated rings. The van der Waals surface area contributed by atoms with Crippen molar-refractivity contribution in [3.63, 3.8) is 0 Å². The number of aromatic amines is 1. The maximum absolute atomic E-state index is 11.0. The summed E-state index contributed by atoms with van der Waals surface area (Å²) in [7, 11) is 0. The molecule has 0 radical (unpaired) electrons. The van der Waals surface area contributed by atoms with Gasteiger partial charge in [0.05, 0.1) is 5.69 Å². The summed E-state index contributed by atoms with van der Waals surface area (Å²) < 4.78 is 5.08. The molecule has 3 nitrogen and oxygen atoms in total. The molecular weight excluding hydrogens is 281 g/mol. The van der Waals surface area contributed by atoms with Crippen LogP contribution in [0.4, 0.5) is 0 Å². The second-order valence-electron chi connectivity index (χ2n) is 3.09. The van der Waals surface area contributed by atoms with Gasteiger partial charge in [0.2, 0.25) is 0 Å². The van der Waals surface area contributed by atoms with Gasteiger partial charge < -0.3 is 4.52 Å². The lowest BCUT2D eigenvalue weighted by atomic mass is 10.1. The molecule has 0 amide bonds. The van der Waals surface area contributed by atoms with Gasteiger partial charge in [-0.15, -0.1) is 0 Å². The summed E-state index contributed by atoms with van der Waals surface area (Å²) in [5.74, 6) is 0. The number of rotatable bonds is 2. The topological polar surface area (TPSA) is 46.0 Å². The summed E-state index contributed by atoms with van der Waals surface area (Å²) in [4.78, 5) is 11.0. The van der Waals surface area contributed by atoms with Crippen molar-refractivity contribution < 1.29 is 4.52 Å². The minimum absolute atomic E-state index is 0.390. The van der Waals surface area contributed by atoms with E-state index in [-0.39, 0.29) is 5.63 Å². The number of H-pyrrole nitrogens is 1. The van der Waals surface area contributed by atoms with Gasteiger partial charge in [0.25, 0.3) is 0 Å². The van der Waals surface area contributed by atoms with Crippen LogP contribution in [0.1, 0.15) is 11.3 Å². The standard InChI is InChI=1S/C10H7BrClNO2/c11-9-8(13-15-10(9)14)5-6-1-3-7(12)4-2-6/h1-4,13H,5H2. The number of halogens is 2. The lowest BCUT2D eigenvalue weighted by Gasteiger charge is -1.98. The van der Waals surface area contributed by atoms with Gasteiger partial charge >= 0.3 is 5.63 Å². The van der Waals surface area contributed by atoms with Gasteiger partial charge in [-0.05, 0) is 33.6 Å². The van der Waals surface area contributed by atoms with E-state index in [2.05, 4.69) is 25.6 Å². The summed E-state index contributed by atoms with van der Waals surface area (Å²) in [6.45, 7) is 0. The monoisotopic (exact) mass is 287 g/mol. The van der Waals surface area contributed by atoms with Crippen LogP contribution in [0.2, 0.25) is 5.02 Å². The van der Waals surface area contributed by atoms with Crippen molar-refractivity contribution in [2.24, 2.45) is 0 Å². The molecule has 0 aliphatic carbocycles. The summed E-state index contributed by atoms with van der Waals surface area (Å²) in [5, 5.41) is 3.26. The highest BCUT2D eigenvalue weighted by atomic mass is 79.9. The fraction of sp³-hybridized carbons (Fsp3) is 0.100. The molecule has 0 aliphatic heterocycles. The Morgan fingerprint density at radius 3 is 2.53 bits per heavy atom. The Labute approximate surface area is 99.2 Å². The molecule has 1 N–H and O–H groups in total. The number of hydrogen-bond donors (Lipinski definition) is 1. The van der Waals surface area contributed by atoms with Crippen molar-refractivity contribution in [3.8, 4) is 0 Å². The van der Waals surface area contributed by atoms with E-state index >= 15 is 0 Å². The second kappa shape index (κ2) is 4.24. The molecule has 0 spiro atoms. The minimum Gasteiger partial charge on any atom is -0.338 e. The first kappa shape index (κ1) is 10.5. The van der Waals surface area contributed by atoms with Crippen LogP contribution in [0.25, 0.3) is 0 Å². The molecule has 15 heavy (non-hydrogen) atoms. The third kappa shape index (κ3) is 2.33. The predicted octanol–water partition coefficient (Wildman–Crippen LogP) is 2.97. The smallest absolute Gasteiger partial charge is 0.338 e. The Hall–Kier alpha value is -1.000. The SMILES string of the molecule is O=c1o[nH]c(Cc2ccc(Cl)cc2)c1Br. The quantitative estimate of drug-likeness (QED) is 0.923. The predicted molar refractivity (Wildman–Crippen MR) is 61.3 cm³/mol. The van der Waals surface area contributed by atoms with Crippen LogP contribution < -0.4 is 5.63 Å². The van der Waals surface area contributed by atoms with Crippen LogP contribution in [0.3, 0.4) is 0 Å². The molecule has 1 aromatic heterocycles. The van der Waals surface area contributed by atoms with Gasteiger partial charge in [-0.2, -0.15) is 0 Å². The highest BCUT2D eigenvalue weighted by Gasteiger charge is 2.08. The normalized spacial score (nSPS) is 10.5. The first-order chi connectivity index (χ1) is 7.16. The molecule has 0 unspecified atom stereocenters. The number of nitrogens with one attached hydrogen (secondary N) is 1. The van der Waals surface area contributed by atoms with Crippen LogP contribution in [-0.2, 0) is 6.42 Å². The molecule has 0 saturated heterocycles. The molecule has 0 bridgehead atoms. The van der Waals surface area contributed by atoms with Gasteiger partial charge in [0.1, 0.15) is 4.47 Å². The highest BCUT2D eigenvalue weighted by Crippen LogP contribution is 2.16. The zero-order chi connectivity index (χ0) is 10.8. The Balaban J connectivity index is 2.26. The Morgan fingerprint density at radius 1 is 1.33 bits per heavy atom. The average molecular weight is 289 g/mol. The number of benzene rings is 1. The zero-order valence-corrected chi connectivity index (χ0v) is 9.93. The van der Waals surface area contributed by atoms with Gasteiger partial charge in [-0.1, -0.05) is 23.7 Å². The van der Waals surface area contributed by atoms with Crippen LogP contribution in [0.5, 0.6) is 0 Å². The van der Waals surface area contributed by atoms with Crippen molar-refractivity contribution in [1.29, 1.82) is 0 Å². The van der Waals surface area contributed by atoms with E-state index in [0.29, 0.717) is 15.9 Å². The van der Waals surface area contributed by atoms with Gasteiger partial charge in [0.15, 0.2) is 0 Å². The summed E-state index contributed by atoms with van der Waals surface area (Å²) in [6.07, 6.45) is 0.601. The zero-order valence-electron chi connectivity index (χ0n) is 7.59. The van der Waals surface area contributed by atoms with E-state index in [1.54, 1.807) is 0 Å². The lowest BCUT2D eigenvalue weighted by molar-refractivity contribution is 0.385. The first-order valence-electron chi connectivity index (χ1n) is 4.27. The van der Waals surface area contributed by atoms with Crippen LogP contribution in [0, 0.1) is 0 Å². The van der Waals surface area contributed by atoms with E-state index in [4.69, 9.17) is 11.6 Å². The highest BCUT2D eigenvalue weighted by molar-refractivity contribution is 9.10. The fourth-order valence-corrected chi connectivity index (χ4v) is 1.67. The average Bonchev–Trinajstić information content (AvgIpc) is 2.53. The van der Waals surface area contributed by atoms with Crippen molar-refractivity contribution in [2.75, 3.05) is 0 Å². The molecule has 2 rings (SSSR count). The largest absolute Gasteiger partial charge is 0.371 e. The summed E-state index contributed by atoms with van der Waals surface area (Å²) in [6, 6.07) is 7.42. The third-order valence-electron chi connectivity index (χ3n) is 2.01. The van der Waals surface area contributed by atoms with E-state index in [0.717, 1.165) is 11.3 Å². The maximum Gasteiger partial charge on any atom is 0.371 e. The first-order valence-corrected chi connectivity index (χ1v) is 5.44. The van der Waals surface area contributed by atoms with E-state index < -0.39 is 0 Å². The summed E-state index contributed by atoms with van der Waals surface area (Å²) in [5.41, 5.74) is 1.39. The van der Waals surface area contributed by atoms with Crippen molar-refractivity contribution in [2.45, 2.75) is 6.42 Å². The second-order valence-corrected chi connectivity index (χ2v) is 4.32. The van der Waals surface area contributed by atoms with Crippen molar-refractivity contribution >= 4 is 27.5 Å². The van der Waals surface area contributed by atoms with Crippen molar-refractivity contribution in [1.82, 2.24) is 5.16 Å². The fourth-order valence-electron chi connectivity index (χ4n) is 1.24. The van der Waals surface area contributed by atoms with Crippen LogP contribution >= 0.6 is 27.5 Å². The Morgan fingerprint density at radius 2 is 2.00 bits per heavy atom.